The minimum absolute atomic E-state index is 0.790. The molecule has 28 heavy (non-hydrogen) atoms. The molecule has 2 aliphatic heterocycles. The highest BCUT2D eigenvalue weighted by Gasteiger charge is 2.24. The van der Waals surface area contributed by atoms with Crippen LogP contribution >= 0.6 is 0 Å². The van der Waals surface area contributed by atoms with Gasteiger partial charge in [-0.1, -0.05) is 55.5 Å². The Morgan fingerprint density at radius 3 is 2.43 bits per heavy atom. The second kappa shape index (κ2) is 7.27. The van der Waals surface area contributed by atoms with Crippen LogP contribution in [0, 0.1) is 5.92 Å². The molecule has 1 aromatic heterocycles. The van der Waals surface area contributed by atoms with E-state index in [9.17, 15) is 0 Å². The normalized spacial score (nSPS) is 17.0. The number of fused-ring (bicyclic) bond motifs is 1. The molecular formula is C24H26N4. The molecule has 1 fully saturated rings. The van der Waals surface area contributed by atoms with E-state index in [2.05, 4.69) is 77.4 Å². The van der Waals surface area contributed by atoms with Gasteiger partial charge < -0.3 is 9.80 Å². The first-order valence-electron chi connectivity index (χ1n) is 10.3. The Bertz CT molecular complexity index is 961. The minimum atomic E-state index is 0.790. The molecule has 3 heterocycles. The molecule has 0 aliphatic carbocycles. The third-order valence-electron chi connectivity index (χ3n) is 6.00. The van der Waals surface area contributed by atoms with Crippen molar-refractivity contribution in [1.29, 1.82) is 0 Å². The Morgan fingerprint density at radius 1 is 0.857 bits per heavy atom. The summed E-state index contributed by atoms with van der Waals surface area (Å²) in [7, 11) is 0. The smallest absolute Gasteiger partial charge is 0.227 e. The van der Waals surface area contributed by atoms with Crippen molar-refractivity contribution in [3.63, 3.8) is 0 Å². The average Bonchev–Trinajstić information content (AvgIpc) is 3.19. The quantitative estimate of drug-likeness (QED) is 0.644. The van der Waals surface area contributed by atoms with Gasteiger partial charge in [0, 0.05) is 37.0 Å². The first-order valence-corrected chi connectivity index (χ1v) is 10.3. The second-order valence-corrected chi connectivity index (χ2v) is 7.98. The Labute approximate surface area is 166 Å². The van der Waals surface area contributed by atoms with Crippen molar-refractivity contribution in [1.82, 2.24) is 9.97 Å². The lowest BCUT2D eigenvalue weighted by Gasteiger charge is -2.31. The van der Waals surface area contributed by atoms with Gasteiger partial charge in [0.1, 0.15) is 5.82 Å². The van der Waals surface area contributed by atoms with Gasteiger partial charge >= 0.3 is 0 Å². The first kappa shape index (κ1) is 17.2. The van der Waals surface area contributed by atoms with Crippen LogP contribution in [0.15, 0.2) is 60.7 Å². The topological polar surface area (TPSA) is 32.3 Å². The van der Waals surface area contributed by atoms with Gasteiger partial charge in [-0.2, -0.15) is 4.98 Å². The van der Waals surface area contributed by atoms with Crippen molar-refractivity contribution in [2.24, 2.45) is 5.92 Å². The summed E-state index contributed by atoms with van der Waals surface area (Å²) in [4.78, 5) is 14.7. The van der Waals surface area contributed by atoms with Crippen LogP contribution < -0.4 is 9.80 Å². The largest absolute Gasteiger partial charge is 0.341 e. The van der Waals surface area contributed by atoms with Gasteiger partial charge in [0.2, 0.25) is 5.95 Å². The highest BCUT2D eigenvalue weighted by molar-refractivity contribution is 5.72. The van der Waals surface area contributed by atoms with Crippen LogP contribution in [0.4, 0.5) is 17.5 Å². The van der Waals surface area contributed by atoms with Crippen LogP contribution in [0.5, 0.6) is 0 Å². The molecule has 0 N–H and O–H groups in total. The van der Waals surface area contributed by atoms with E-state index < -0.39 is 0 Å². The molecule has 0 amide bonds. The summed E-state index contributed by atoms with van der Waals surface area (Å²) in [6.07, 6.45) is 3.49. The number of benzene rings is 2. The molecular weight excluding hydrogens is 344 g/mol. The molecule has 0 bridgehead atoms. The zero-order valence-corrected chi connectivity index (χ0v) is 16.4. The van der Waals surface area contributed by atoms with Gasteiger partial charge in [-0.3, -0.25) is 0 Å². The summed E-state index contributed by atoms with van der Waals surface area (Å²) in [6.45, 7) is 5.39. The lowest BCUT2D eigenvalue weighted by molar-refractivity contribution is 0.434. The monoisotopic (exact) mass is 370 g/mol. The lowest BCUT2D eigenvalue weighted by atomic mass is 10.00. The third kappa shape index (κ3) is 3.24. The van der Waals surface area contributed by atoms with E-state index in [4.69, 9.17) is 9.97 Å². The summed E-state index contributed by atoms with van der Waals surface area (Å²) >= 11 is 0. The van der Waals surface area contributed by atoms with Crippen molar-refractivity contribution in [3.05, 3.63) is 66.2 Å². The Kier molecular flexibility index (Phi) is 4.47. The van der Waals surface area contributed by atoms with Gasteiger partial charge in [0.05, 0.1) is 5.69 Å². The lowest BCUT2D eigenvalue weighted by Crippen LogP contribution is -2.34. The van der Waals surface area contributed by atoms with Crippen LogP contribution in [-0.2, 0) is 6.42 Å². The van der Waals surface area contributed by atoms with Crippen molar-refractivity contribution in [2.75, 3.05) is 29.4 Å². The van der Waals surface area contributed by atoms with Gasteiger partial charge in [-0.15, -0.1) is 0 Å². The van der Waals surface area contributed by atoms with E-state index >= 15 is 0 Å². The summed E-state index contributed by atoms with van der Waals surface area (Å²) in [5.41, 5.74) is 4.82. The van der Waals surface area contributed by atoms with Crippen LogP contribution in [0.1, 0.15) is 25.3 Å². The van der Waals surface area contributed by atoms with E-state index in [1.807, 2.05) is 0 Å². The SMILES string of the molecule is CC1CCN(c2nc(-c3ccccc3)cc(N3CCc4ccccc43)n2)CC1. The maximum atomic E-state index is 5.03. The van der Waals surface area contributed by atoms with Crippen molar-refractivity contribution in [2.45, 2.75) is 26.2 Å². The molecule has 5 rings (SSSR count). The predicted molar refractivity (Wildman–Crippen MR) is 115 cm³/mol. The second-order valence-electron chi connectivity index (χ2n) is 7.98. The summed E-state index contributed by atoms with van der Waals surface area (Å²) in [6, 6.07) is 21.3. The fraction of sp³-hybridized carbons (Fsp3) is 0.333. The van der Waals surface area contributed by atoms with Crippen molar-refractivity contribution >= 4 is 17.5 Å². The zero-order valence-electron chi connectivity index (χ0n) is 16.4. The molecule has 2 aliphatic rings. The number of piperidine rings is 1. The maximum Gasteiger partial charge on any atom is 0.227 e. The highest BCUT2D eigenvalue weighted by Crippen LogP contribution is 2.36. The molecule has 142 valence electrons. The van der Waals surface area contributed by atoms with E-state index in [0.717, 1.165) is 55.0 Å². The molecule has 1 saturated heterocycles. The number of nitrogens with zero attached hydrogens (tertiary/aromatic N) is 4. The Morgan fingerprint density at radius 2 is 1.61 bits per heavy atom. The molecule has 0 radical (unpaired) electrons. The fourth-order valence-electron chi connectivity index (χ4n) is 4.24. The Balaban J connectivity index is 1.58. The van der Waals surface area contributed by atoms with Crippen LogP contribution in [0.2, 0.25) is 0 Å². The van der Waals surface area contributed by atoms with Crippen LogP contribution in [0.3, 0.4) is 0 Å². The van der Waals surface area contributed by atoms with Crippen molar-refractivity contribution in [3.8, 4) is 11.3 Å². The summed E-state index contributed by atoms with van der Waals surface area (Å²) in [5, 5.41) is 0. The maximum absolute atomic E-state index is 5.03. The van der Waals surface area contributed by atoms with Crippen LogP contribution in [-0.4, -0.2) is 29.6 Å². The Hall–Kier alpha value is -2.88. The number of hydrogen-bond acceptors (Lipinski definition) is 4. The van der Waals surface area contributed by atoms with Gasteiger partial charge in [0.25, 0.3) is 0 Å². The molecule has 2 aromatic carbocycles. The zero-order chi connectivity index (χ0) is 18.9. The molecule has 0 unspecified atom stereocenters. The van der Waals surface area contributed by atoms with E-state index in [1.54, 1.807) is 0 Å². The van der Waals surface area contributed by atoms with Gasteiger partial charge in [-0.05, 0) is 36.8 Å². The van der Waals surface area contributed by atoms with E-state index in [-0.39, 0.29) is 0 Å². The van der Waals surface area contributed by atoms with E-state index in [0.29, 0.717) is 0 Å². The number of hydrogen-bond donors (Lipinski definition) is 0. The first-order chi connectivity index (χ1) is 13.8. The molecule has 0 saturated carbocycles. The molecule has 4 nitrogen and oxygen atoms in total. The molecule has 0 atom stereocenters. The predicted octanol–water partition coefficient (Wildman–Crippen LogP) is 5.07. The van der Waals surface area contributed by atoms with E-state index in [1.165, 1.54) is 24.1 Å². The van der Waals surface area contributed by atoms with Crippen molar-refractivity contribution < 1.29 is 0 Å². The van der Waals surface area contributed by atoms with Crippen LogP contribution in [0.25, 0.3) is 11.3 Å². The van der Waals surface area contributed by atoms with Gasteiger partial charge in [0.15, 0.2) is 0 Å². The molecule has 4 heteroatoms. The molecule has 3 aromatic rings. The number of aromatic nitrogens is 2. The fourth-order valence-corrected chi connectivity index (χ4v) is 4.24. The third-order valence-corrected chi connectivity index (χ3v) is 6.00. The average molecular weight is 371 g/mol. The number of rotatable bonds is 3. The standard InChI is InChI=1S/C24H26N4/c1-18-11-14-27(15-12-18)24-25-21(19-7-3-2-4-8-19)17-23(26-24)28-16-13-20-9-5-6-10-22(20)28/h2-10,17-18H,11-16H2,1H3. The summed E-state index contributed by atoms with van der Waals surface area (Å²) < 4.78 is 0. The number of anilines is 3. The molecule has 0 spiro atoms. The number of para-hydroxylation sites is 1. The highest BCUT2D eigenvalue weighted by atomic mass is 15.3. The summed E-state index contributed by atoms with van der Waals surface area (Å²) in [5.74, 6) is 2.67. The minimum Gasteiger partial charge on any atom is -0.341 e. The van der Waals surface area contributed by atoms with Gasteiger partial charge in [-0.25, -0.2) is 4.98 Å².